The highest BCUT2D eigenvalue weighted by Gasteiger charge is 2.43. The Hall–Kier alpha value is -2.09. The molecule has 0 saturated heterocycles. The third kappa shape index (κ3) is 3.82. The maximum Gasteiger partial charge on any atom is 0.323 e. The van der Waals surface area contributed by atoms with Gasteiger partial charge in [0.1, 0.15) is 11.7 Å². The molecule has 3 rings (SSSR count). The Kier molecular flexibility index (Phi) is 5.25. The van der Waals surface area contributed by atoms with Crippen LogP contribution >= 0.6 is 0 Å². The van der Waals surface area contributed by atoms with Gasteiger partial charge in [0.25, 0.3) is 0 Å². The summed E-state index contributed by atoms with van der Waals surface area (Å²) in [5.41, 5.74) is 8.02. The summed E-state index contributed by atoms with van der Waals surface area (Å²) in [6, 6.07) is 8.58. The number of ether oxygens (including phenoxy) is 1. The zero-order chi connectivity index (χ0) is 22.8. The lowest BCUT2D eigenvalue weighted by Crippen LogP contribution is -2.28. The number of carbonyl (C=O) groups is 1. The van der Waals surface area contributed by atoms with Crippen LogP contribution in [0.3, 0.4) is 0 Å². The maximum atomic E-state index is 13.2. The first-order valence-corrected chi connectivity index (χ1v) is 11.0. The molecule has 1 heterocycles. The van der Waals surface area contributed by atoms with Crippen LogP contribution in [0.5, 0.6) is 5.75 Å². The molecule has 0 fully saturated rings. The van der Waals surface area contributed by atoms with Crippen molar-refractivity contribution in [2.24, 2.45) is 0 Å². The SMILES string of the molecule is Cc1ccc(C2C(=O)Oc3c2cc(C(C)(C)C)c(C(C)(C)C)c3C(C)(C)C)cc1C. The first-order valence-electron chi connectivity index (χ1n) is 11.0. The van der Waals surface area contributed by atoms with Crippen molar-refractivity contribution in [3.8, 4) is 5.75 Å². The lowest BCUT2D eigenvalue weighted by molar-refractivity contribution is -0.133. The van der Waals surface area contributed by atoms with E-state index < -0.39 is 0 Å². The van der Waals surface area contributed by atoms with Crippen molar-refractivity contribution < 1.29 is 9.53 Å². The molecular weight excluding hydrogens is 368 g/mol. The summed E-state index contributed by atoms with van der Waals surface area (Å²) in [4.78, 5) is 13.2. The van der Waals surface area contributed by atoms with Crippen LogP contribution in [0.2, 0.25) is 0 Å². The molecule has 30 heavy (non-hydrogen) atoms. The highest BCUT2D eigenvalue weighted by atomic mass is 16.5. The van der Waals surface area contributed by atoms with Crippen molar-refractivity contribution in [2.45, 2.75) is 98.3 Å². The molecule has 1 unspecified atom stereocenters. The van der Waals surface area contributed by atoms with Gasteiger partial charge >= 0.3 is 5.97 Å². The van der Waals surface area contributed by atoms with Crippen molar-refractivity contribution in [3.63, 3.8) is 0 Å². The largest absolute Gasteiger partial charge is 0.425 e. The minimum Gasteiger partial charge on any atom is -0.425 e. The van der Waals surface area contributed by atoms with Crippen LogP contribution in [-0.4, -0.2) is 5.97 Å². The van der Waals surface area contributed by atoms with Gasteiger partial charge in [0, 0.05) is 11.1 Å². The van der Waals surface area contributed by atoms with E-state index in [2.05, 4.69) is 100 Å². The predicted octanol–water partition coefficient (Wildman–Crippen LogP) is 7.25. The van der Waals surface area contributed by atoms with Gasteiger partial charge in [-0.25, -0.2) is 0 Å². The fraction of sp³-hybridized carbons (Fsp3) is 0.536. The second kappa shape index (κ2) is 6.97. The number of fused-ring (bicyclic) bond motifs is 1. The van der Waals surface area contributed by atoms with Gasteiger partial charge in [-0.05, 0) is 57.9 Å². The number of esters is 1. The lowest BCUT2D eigenvalue weighted by Gasteiger charge is -2.37. The van der Waals surface area contributed by atoms with Gasteiger partial charge in [0.15, 0.2) is 0 Å². The summed E-state index contributed by atoms with van der Waals surface area (Å²) >= 11 is 0. The Morgan fingerprint density at radius 1 is 0.733 bits per heavy atom. The summed E-state index contributed by atoms with van der Waals surface area (Å²) in [6.45, 7) is 24.4. The van der Waals surface area contributed by atoms with E-state index in [1.54, 1.807) is 0 Å². The summed E-state index contributed by atoms with van der Waals surface area (Å²) < 4.78 is 6.07. The van der Waals surface area contributed by atoms with E-state index in [1.807, 2.05) is 0 Å². The van der Waals surface area contributed by atoms with Gasteiger partial charge in [-0.3, -0.25) is 4.79 Å². The smallest absolute Gasteiger partial charge is 0.323 e. The molecule has 0 bridgehead atoms. The Bertz CT molecular complexity index is 1000. The molecule has 0 amide bonds. The number of hydrogen-bond donors (Lipinski definition) is 0. The minimum atomic E-state index is -0.365. The third-order valence-corrected chi connectivity index (χ3v) is 6.23. The second-order valence-electron chi connectivity index (χ2n) is 12.0. The fourth-order valence-corrected chi connectivity index (χ4v) is 4.64. The van der Waals surface area contributed by atoms with Gasteiger partial charge in [0.2, 0.25) is 0 Å². The number of rotatable bonds is 1. The van der Waals surface area contributed by atoms with E-state index in [0.717, 1.165) is 16.9 Å². The van der Waals surface area contributed by atoms with Gasteiger partial charge in [-0.15, -0.1) is 0 Å². The Balaban J connectivity index is 2.42. The van der Waals surface area contributed by atoms with Crippen molar-refractivity contribution in [1.82, 2.24) is 0 Å². The molecular formula is C28H38O2. The molecule has 0 N–H and O–H groups in total. The monoisotopic (exact) mass is 406 g/mol. The molecule has 0 aliphatic carbocycles. The third-order valence-electron chi connectivity index (χ3n) is 6.23. The van der Waals surface area contributed by atoms with Crippen LogP contribution in [0.25, 0.3) is 0 Å². The normalized spacial score (nSPS) is 17.2. The highest BCUT2D eigenvalue weighted by molar-refractivity contribution is 5.91. The molecule has 0 aromatic heterocycles. The van der Waals surface area contributed by atoms with Crippen molar-refractivity contribution in [3.05, 3.63) is 63.2 Å². The quantitative estimate of drug-likeness (QED) is 0.368. The molecule has 1 atom stereocenters. The molecule has 2 heteroatoms. The zero-order valence-corrected chi connectivity index (χ0v) is 20.7. The van der Waals surface area contributed by atoms with Gasteiger partial charge in [-0.1, -0.05) is 86.6 Å². The molecule has 2 nitrogen and oxygen atoms in total. The van der Waals surface area contributed by atoms with Crippen LogP contribution in [0.15, 0.2) is 24.3 Å². The molecule has 2 aromatic rings. The molecule has 1 aliphatic heterocycles. The van der Waals surface area contributed by atoms with E-state index in [-0.39, 0.29) is 28.1 Å². The van der Waals surface area contributed by atoms with Crippen LogP contribution in [-0.2, 0) is 21.0 Å². The lowest BCUT2D eigenvalue weighted by atomic mass is 9.67. The molecule has 2 aromatic carbocycles. The van der Waals surface area contributed by atoms with Crippen LogP contribution in [0, 0.1) is 13.8 Å². The van der Waals surface area contributed by atoms with Gasteiger partial charge in [-0.2, -0.15) is 0 Å². The standard InChI is InChI=1S/C28H38O2/c1-16-12-13-18(14-17(16)2)21-19-15-20(26(3,4)5)22(27(6,7)8)23(28(9,10)11)24(19)30-25(21)29/h12-15,21H,1-11H3. The number of benzene rings is 2. The van der Waals surface area contributed by atoms with E-state index in [4.69, 9.17) is 4.74 Å². The van der Waals surface area contributed by atoms with Crippen molar-refractivity contribution >= 4 is 5.97 Å². The Labute approximate surface area is 183 Å². The van der Waals surface area contributed by atoms with Crippen molar-refractivity contribution in [1.29, 1.82) is 0 Å². The van der Waals surface area contributed by atoms with Crippen LogP contribution in [0.1, 0.15) is 107 Å². The van der Waals surface area contributed by atoms with E-state index in [1.165, 1.54) is 27.8 Å². The predicted molar refractivity (Wildman–Crippen MR) is 126 cm³/mol. The first kappa shape index (κ1) is 22.6. The summed E-state index contributed by atoms with van der Waals surface area (Å²) in [5.74, 6) is 0.258. The molecule has 1 aliphatic rings. The van der Waals surface area contributed by atoms with Crippen molar-refractivity contribution in [2.75, 3.05) is 0 Å². The summed E-state index contributed by atoms with van der Waals surface area (Å²) in [5, 5.41) is 0. The average molecular weight is 407 g/mol. The first-order chi connectivity index (χ1) is 13.5. The zero-order valence-electron chi connectivity index (χ0n) is 20.7. The van der Waals surface area contributed by atoms with Gasteiger partial charge in [0.05, 0.1) is 0 Å². The highest BCUT2D eigenvalue weighted by Crippen LogP contribution is 2.52. The Morgan fingerprint density at radius 3 is 1.77 bits per heavy atom. The molecule has 0 saturated carbocycles. The molecule has 162 valence electrons. The van der Waals surface area contributed by atoms with E-state index in [9.17, 15) is 4.79 Å². The number of carbonyl (C=O) groups excluding carboxylic acids is 1. The number of aryl methyl sites for hydroxylation is 2. The Morgan fingerprint density at radius 2 is 1.30 bits per heavy atom. The summed E-state index contributed by atoms with van der Waals surface area (Å²) in [7, 11) is 0. The van der Waals surface area contributed by atoms with Crippen LogP contribution < -0.4 is 4.74 Å². The maximum absolute atomic E-state index is 13.2. The summed E-state index contributed by atoms with van der Waals surface area (Å²) in [6.07, 6.45) is 0. The second-order valence-corrected chi connectivity index (χ2v) is 12.0. The fourth-order valence-electron chi connectivity index (χ4n) is 4.64. The van der Waals surface area contributed by atoms with Gasteiger partial charge < -0.3 is 4.74 Å². The van der Waals surface area contributed by atoms with E-state index >= 15 is 0 Å². The topological polar surface area (TPSA) is 26.3 Å². The number of hydrogen-bond acceptors (Lipinski definition) is 2. The van der Waals surface area contributed by atoms with E-state index in [0.29, 0.717) is 0 Å². The van der Waals surface area contributed by atoms with Crippen LogP contribution in [0.4, 0.5) is 0 Å². The molecule has 0 spiro atoms. The molecule has 0 radical (unpaired) electrons. The average Bonchev–Trinajstić information content (AvgIpc) is 2.88. The minimum absolute atomic E-state index is 0.0446.